The van der Waals surface area contributed by atoms with E-state index in [1.807, 2.05) is 23.9 Å². The number of benzene rings is 1. The molecule has 0 amide bonds. The molecule has 0 atom stereocenters. The van der Waals surface area contributed by atoms with Crippen molar-refractivity contribution in [2.45, 2.75) is 24.7 Å². The minimum absolute atomic E-state index is 0.0327. The second kappa shape index (κ2) is 7.73. The monoisotopic (exact) mass is 250 g/mol. The van der Waals surface area contributed by atoms with E-state index in [4.69, 9.17) is 11.5 Å². The van der Waals surface area contributed by atoms with Crippen molar-refractivity contribution in [3.8, 4) is 0 Å². The Bertz CT molecular complexity index is 397. The van der Waals surface area contributed by atoms with E-state index < -0.39 is 0 Å². The first-order chi connectivity index (χ1) is 8.22. The zero-order chi connectivity index (χ0) is 12.5. The quantitative estimate of drug-likeness (QED) is 0.267. The van der Waals surface area contributed by atoms with Crippen LogP contribution in [-0.4, -0.2) is 17.9 Å². The predicted molar refractivity (Wildman–Crippen MR) is 75.5 cm³/mol. The molecule has 1 aromatic carbocycles. The van der Waals surface area contributed by atoms with Crippen molar-refractivity contribution in [1.29, 1.82) is 0 Å². The number of hydrogen-bond donors (Lipinski definition) is 2. The van der Waals surface area contributed by atoms with Crippen LogP contribution in [0, 0.1) is 0 Å². The van der Waals surface area contributed by atoms with Gasteiger partial charge in [-0.05, 0) is 29.9 Å². The molecule has 0 aliphatic heterocycles. The molecule has 0 spiro atoms. The van der Waals surface area contributed by atoms with Gasteiger partial charge in [-0.1, -0.05) is 25.5 Å². The van der Waals surface area contributed by atoms with Gasteiger partial charge >= 0.3 is 0 Å². The highest BCUT2D eigenvalue weighted by molar-refractivity contribution is 7.99. The summed E-state index contributed by atoms with van der Waals surface area (Å²) in [5.41, 5.74) is 11.4. The number of hydrogen-bond acceptors (Lipinski definition) is 3. The van der Waals surface area contributed by atoms with E-state index in [0.717, 1.165) is 11.3 Å². The number of nitrogens with two attached hydrogens (primary N) is 2. The lowest BCUT2D eigenvalue weighted by atomic mass is 10.2. The summed E-state index contributed by atoms with van der Waals surface area (Å²) in [6.07, 6.45) is 4.10. The Morgan fingerprint density at radius 1 is 1.41 bits per heavy atom. The molecule has 4 nitrogen and oxygen atoms in total. The van der Waals surface area contributed by atoms with Crippen LogP contribution < -0.4 is 11.5 Å². The molecule has 0 fully saturated rings. The van der Waals surface area contributed by atoms with Crippen molar-refractivity contribution >= 4 is 23.9 Å². The molecule has 1 aromatic rings. The standard InChI is InChI=1S/C12H18N4S/c1-2-3-7-17-11-6-4-5-10(8-11)9-15-16-12(13)14/h4-6,8-9H,2-3,7H2,1H3,(H4,13,14,16). The molecule has 0 saturated carbocycles. The molecule has 5 heteroatoms. The maximum atomic E-state index is 5.18. The van der Waals surface area contributed by atoms with E-state index in [2.05, 4.69) is 29.3 Å². The van der Waals surface area contributed by atoms with E-state index in [0.29, 0.717) is 0 Å². The summed E-state index contributed by atoms with van der Waals surface area (Å²) in [6, 6.07) is 8.14. The Hall–Kier alpha value is -1.49. The minimum atomic E-state index is -0.0327. The lowest BCUT2D eigenvalue weighted by Gasteiger charge is -2.01. The highest BCUT2D eigenvalue weighted by Crippen LogP contribution is 2.19. The van der Waals surface area contributed by atoms with Gasteiger partial charge < -0.3 is 11.5 Å². The van der Waals surface area contributed by atoms with Crippen LogP contribution in [0.3, 0.4) is 0 Å². The van der Waals surface area contributed by atoms with Crippen LogP contribution in [0.1, 0.15) is 25.3 Å². The largest absolute Gasteiger partial charge is 0.369 e. The molecule has 0 aliphatic carbocycles. The molecule has 0 radical (unpaired) electrons. The zero-order valence-electron chi connectivity index (χ0n) is 9.97. The van der Waals surface area contributed by atoms with Gasteiger partial charge in [0.15, 0.2) is 0 Å². The molecule has 0 unspecified atom stereocenters. The van der Waals surface area contributed by atoms with Crippen LogP contribution >= 0.6 is 11.8 Å². The molecule has 0 bridgehead atoms. The lowest BCUT2D eigenvalue weighted by molar-refractivity contribution is 0.896. The van der Waals surface area contributed by atoms with E-state index in [1.54, 1.807) is 6.21 Å². The third kappa shape index (κ3) is 5.97. The fourth-order valence-electron chi connectivity index (χ4n) is 1.18. The van der Waals surface area contributed by atoms with Crippen molar-refractivity contribution in [1.82, 2.24) is 0 Å². The number of unbranched alkanes of at least 4 members (excludes halogenated alkanes) is 1. The molecule has 92 valence electrons. The van der Waals surface area contributed by atoms with Crippen LogP contribution in [0.2, 0.25) is 0 Å². The highest BCUT2D eigenvalue weighted by Gasteiger charge is 1.94. The SMILES string of the molecule is CCCCSc1cccc(C=NN=C(N)N)c1. The van der Waals surface area contributed by atoms with Crippen LogP contribution in [0.5, 0.6) is 0 Å². The topological polar surface area (TPSA) is 76.8 Å². The molecule has 4 N–H and O–H groups in total. The molecule has 0 aromatic heterocycles. The van der Waals surface area contributed by atoms with Crippen LogP contribution in [0.15, 0.2) is 39.4 Å². The smallest absolute Gasteiger partial charge is 0.211 e. The predicted octanol–water partition coefficient (Wildman–Crippen LogP) is 2.19. The molecule has 17 heavy (non-hydrogen) atoms. The summed E-state index contributed by atoms with van der Waals surface area (Å²) < 4.78 is 0. The summed E-state index contributed by atoms with van der Waals surface area (Å²) in [7, 11) is 0. The number of nitrogens with zero attached hydrogens (tertiary/aromatic N) is 2. The van der Waals surface area contributed by atoms with Gasteiger partial charge in [0.2, 0.25) is 5.96 Å². The first kappa shape index (κ1) is 13.6. The van der Waals surface area contributed by atoms with Gasteiger partial charge in [0.05, 0.1) is 6.21 Å². The summed E-state index contributed by atoms with van der Waals surface area (Å²) in [5, 5.41) is 7.34. The Morgan fingerprint density at radius 2 is 2.24 bits per heavy atom. The summed E-state index contributed by atoms with van der Waals surface area (Å²) >= 11 is 1.85. The van der Waals surface area contributed by atoms with Gasteiger partial charge in [0, 0.05) is 4.90 Å². The summed E-state index contributed by atoms with van der Waals surface area (Å²) in [5.74, 6) is 1.11. The zero-order valence-corrected chi connectivity index (χ0v) is 10.8. The van der Waals surface area contributed by atoms with Gasteiger partial charge in [0.1, 0.15) is 0 Å². The Morgan fingerprint density at radius 3 is 2.94 bits per heavy atom. The Labute approximate surface area is 106 Å². The first-order valence-electron chi connectivity index (χ1n) is 5.57. The Kier molecular flexibility index (Phi) is 6.17. The van der Waals surface area contributed by atoms with Crippen LogP contribution in [0.4, 0.5) is 0 Å². The fourth-order valence-corrected chi connectivity index (χ4v) is 2.24. The maximum Gasteiger partial charge on any atom is 0.211 e. The van der Waals surface area contributed by atoms with E-state index in [1.165, 1.54) is 17.7 Å². The molecular formula is C12H18N4S. The molecule has 0 heterocycles. The third-order valence-electron chi connectivity index (χ3n) is 2.00. The van der Waals surface area contributed by atoms with E-state index >= 15 is 0 Å². The maximum absolute atomic E-state index is 5.18. The van der Waals surface area contributed by atoms with E-state index in [9.17, 15) is 0 Å². The minimum Gasteiger partial charge on any atom is -0.369 e. The van der Waals surface area contributed by atoms with Crippen LogP contribution in [0.25, 0.3) is 0 Å². The van der Waals surface area contributed by atoms with Crippen molar-refractivity contribution < 1.29 is 0 Å². The molecule has 0 saturated heterocycles. The van der Waals surface area contributed by atoms with Crippen molar-refractivity contribution in [2.75, 3.05) is 5.75 Å². The molecule has 0 aliphatic rings. The van der Waals surface area contributed by atoms with Gasteiger partial charge in [-0.25, -0.2) is 0 Å². The van der Waals surface area contributed by atoms with Gasteiger partial charge in [-0.3, -0.25) is 0 Å². The van der Waals surface area contributed by atoms with Crippen molar-refractivity contribution in [3.05, 3.63) is 29.8 Å². The average Bonchev–Trinajstić information content (AvgIpc) is 2.29. The first-order valence-corrected chi connectivity index (χ1v) is 6.55. The average molecular weight is 250 g/mol. The van der Waals surface area contributed by atoms with Crippen molar-refractivity contribution in [3.63, 3.8) is 0 Å². The van der Waals surface area contributed by atoms with Crippen LogP contribution in [-0.2, 0) is 0 Å². The molecule has 1 rings (SSSR count). The number of thioether (sulfide) groups is 1. The summed E-state index contributed by atoms with van der Waals surface area (Å²) in [4.78, 5) is 1.24. The number of rotatable bonds is 6. The lowest BCUT2D eigenvalue weighted by Crippen LogP contribution is -2.21. The summed E-state index contributed by atoms with van der Waals surface area (Å²) in [6.45, 7) is 2.19. The fraction of sp³-hybridized carbons (Fsp3) is 0.333. The second-order valence-electron chi connectivity index (χ2n) is 3.54. The van der Waals surface area contributed by atoms with Gasteiger partial charge in [0.25, 0.3) is 0 Å². The molecular weight excluding hydrogens is 232 g/mol. The third-order valence-corrected chi connectivity index (χ3v) is 3.08. The van der Waals surface area contributed by atoms with Gasteiger partial charge in [-0.15, -0.1) is 16.9 Å². The van der Waals surface area contributed by atoms with E-state index in [-0.39, 0.29) is 5.96 Å². The normalized spacial score (nSPS) is 10.6. The number of guanidine groups is 1. The van der Waals surface area contributed by atoms with Gasteiger partial charge in [-0.2, -0.15) is 5.10 Å². The Balaban J connectivity index is 2.59. The van der Waals surface area contributed by atoms with Crippen molar-refractivity contribution in [2.24, 2.45) is 21.7 Å². The second-order valence-corrected chi connectivity index (χ2v) is 4.71. The highest BCUT2D eigenvalue weighted by atomic mass is 32.2.